The lowest BCUT2D eigenvalue weighted by molar-refractivity contribution is -0.397. The van der Waals surface area contributed by atoms with Crippen molar-refractivity contribution in [1.29, 1.82) is 0 Å². The van der Waals surface area contributed by atoms with E-state index in [2.05, 4.69) is 34.3 Å². The summed E-state index contributed by atoms with van der Waals surface area (Å²) in [6.45, 7) is 14.2. The molecule has 0 aromatic rings. The first-order valence-electron chi connectivity index (χ1n) is 34.8. The lowest BCUT2D eigenvalue weighted by Gasteiger charge is -2.64. The highest BCUT2D eigenvalue weighted by Crippen LogP contribution is 2.76. The van der Waals surface area contributed by atoms with Gasteiger partial charge in [-0.05, 0) is 107 Å². The van der Waals surface area contributed by atoms with Gasteiger partial charge in [-0.2, -0.15) is 0 Å². The topological polar surface area (TPSA) is 479 Å². The number of ether oxygens (including phenoxy) is 15. The third-order valence-electron chi connectivity index (χ3n) is 24.7. The first-order valence-corrected chi connectivity index (χ1v) is 34.8. The number of hydrogen-bond donors (Lipinski definition) is 16. The van der Waals surface area contributed by atoms with E-state index in [1.54, 1.807) is 0 Å². The number of rotatable bonds is 22. The Morgan fingerprint density at radius 1 is 0.525 bits per heavy atom. The number of carbonyl (C=O) groups is 1. The normalized spacial score (nSPS) is 52.8. The summed E-state index contributed by atoms with van der Waals surface area (Å²) in [5, 5.41) is 180. The number of carbonyl (C=O) groups excluding carboxylic acids is 1. The van der Waals surface area contributed by atoms with Crippen molar-refractivity contribution in [2.45, 2.75) is 302 Å². The lowest BCUT2D eigenvalue weighted by atomic mass is 9.40. The standard InChI is InChI=1S/C67H108O32/c1-26(2)12-11-17-66(8)36-15-19-65(7)28-13-14-35-63(4,5)38(16-18-64(35,6)29(28)20-37(72)67(36,65)62(84)99-66)94-61-55(43(77)34(25-87-61)93-57-48(82)53(41(75)32(23-70)89-57)96-58-46(80)51(85-9)39(73)30(21-68)90-58)98-56-45(79)44(78)50(27(3)88-56)95-60-49(83)54(42(76)33(24-71)92-60)97-59-47(81)52(86-10)40(74)31(22-69)91-59/h20,27-28,30-61,68-83H,1,11-19,21-25H2,2-10H3. The second-order valence-corrected chi connectivity index (χ2v) is 30.7. The van der Waals surface area contributed by atoms with Gasteiger partial charge in [0.25, 0.3) is 0 Å². The van der Waals surface area contributed by atoms with Gasteiger partial charge < -0.3 is 153 Å². The molecule has 568 valence electrons. The molecule has 32 heteroatoms. The van der Waals surface area contributed by atoms with Crippen molar-refractivity contribution in [1.82, 2.24) is 0 Å². The Kier molecular flexibility index (Phi) is 23.7. The van der Waals surface area contributed by atoms with E-state index in [9.17, 15) is 86.5 Å². The van der Waals surface area contributed by atoms with Crippen LogP contribution in [0.15, 0.2) is 23.8 Å². The molecule has 11 aliphatic rings. The first-order chi connectivity index (χ1) is 46.8. The van der Waals surface area contributed by atoms with E-state index in [4.69, 9.17) is 71.1 Å². The maximum absolute atomic E-state index is 14.6. The van der Waals surface area contributed by atoms with Gasteiger partial charge in [0.1, 0.15) is 145 Å². The van der Waals surface area contributed by atoms with Crippen molar-refractivity contribution in [2.75, 3.05) is 47.3 Å². The summed E-state index contributed by atoms with van der Waals surface area (Å²) < 4.78 is 90.2. The molecule has 16 N–H and O–H groups in total. The molecular weight excluding hydrogens is 1320 g/mol. The third-order valence-corrected chi connectivity index (χ3v) is 24.7. The number of esters is 1. The molecule has 99 heavy (non-hydrogen) atoms. The molecule has 38 atom stereocenters. The summed E-state index contributed by atoms with van der Waals surface area (Å²) in [7, 11) is 2.36. The summed E-state index contributed by atoms with van der Waals surface area (Å²) in [4.78, 5) is 14.6. The highest BCUT2D eigenvalue weighted by Gasteiger charge is 2.79. The van der Waals surface area contributed by atoms with Gasteiger partial charge in [-0.25, -0.2) is 0 Å². The maximum Gasteiger partial charge on any atom is 0.316 e. The molecule has 7 heterocycles. The van der Waals surface area contributed by atoms with Gasteiger partial charge >= 0.3 is 5.97 Å². The first kappa shape index (κ1) is 77.8. The zero-order valence-electron chi connectivity index (χ0n) is 57.5. The quantitative estimate of drug-likeness (QED) is 0.0278. The Bertz CT molecular complexity index is 2790. The zero-order valence-corrected chi connectivity index (χ0v) is 57.5. The lowest BCUT2D eigenvalue weighted by Crippen LogP contribution is -2.67. The van der Waals surface area contributed by atoms with Gasteiger partial charge in [0, 0.05) is 20.1 Å². The Morgan fingerprint density at radius 2 is 1.00 bits per heavy atom. The molecule has 7 saturated heterocycles. The van der Waals surface area contributed by atoms with E-state index in [-0.39, 0.29) is 23.7 Å². The summed E-state index contributed by atoms with van der Waals surface area (Å²) in [6.07, 6.45) is -43.0. The molecular formula is C67H108O32. The second-order valence-electron chi connectivity index (χ2n) is 30.7. The Balaban J connectivity index is 0.839. The van der Waals surface area contributed by atoms with E-state index >= 15 is 0 Å². The molecule has 0 aromatic carbocycles. The fourth-order valence-electron chi connectivity index (χ4n) is 19.3. The van der Waals surface area contributed by atoms with E-state index in [0.717, 1.165) is 36.8 Å². The van der Waals surface area contributed by atoms with E-state index in [0.29, 0.717) is 32.1 Å². The van der Waals surface area contributed by atoms with Gasteiger partial charge in [-0.3, -0.25) is 4.79 Å². The van der Waals surface area contributed by atoms with Gasteiger partial charge in [0.15, 0.2) is 37.7 Å². The minimum Gasteiger partial charge on any atom is -0.459 e. The predicted molar refractivity (Wildman–Crippen MR) is 332 cm³/mol. The van der Waals surface area contributed by atoms with Crippen molar-refractivity contribution in [3.8, 4) is 0 Å². The van der Waals surface area contributed by atoms with Crippen molar-refractivity contribution in [2.24, 2.45) is 39.4 Å². The van der Waals surface area contributed by atoms with Crippen LogP contribution in [0.1, 0.15) is 106 Å². The SMILES string of the molecule is C=C(C)CCCC1(C)OC(=O)C23C(O)C=C4C(CCC5C4(C)CCC(OC4OCC(OC6OC(CO)C(O)C(OC7OC(CO)C(O)C(OC)C7O)C6O)C(O)C4OC4OC(C)C(OC6OC(CO)C(O)C(OC7OC(CO)C(O)C(OC)C7O)C6O)C(O)C4O)C5(C)C)C2(C)CCC13. The van der Waals surface area contributed by atoms with Crippen molar-refractivity contribution in [3.05, 3.63) is 23.8 Å². The second kappa shape index (κ2) is 30.2. The smallest absolute Gasteiger partial charge is 0.316 e. The number of hydrogen-bond acceptors (Lipinski definition) is 32. The Hall–Kier alpha value is -2.25. The number of aliphatic hydroxyl groups excluding tert-OH is 16. The average Bonchev–Trinajstić information content (AvgIpc) is 1.51. The molecule has 0 radical (unpaired) electrons. The molecule has 4 aliphatic carbocycles. The van der Waals surface area contributed by atoms with E-state index < -0.39 is 251 Å². The maximum atomic E-state index is 14.6. The molecule has 1 spiro atoms. The van der Waals surface area contributed by atoms with E-state index in [1.165, 1.54) is 21.1 Å². The van der Waals surface area contributed by atoms with Crippen LogP contribution in [0.4, 0.5) is 0 Å². The molecule has 32 nitrogen and oxygen atoms in total. The largest absolute Gasteiger partial charge is 0.459 e. The number of aliphatic hydroxyl groups is 16. The van der Waals surface area contributed by atoms with Crippen LogP contribution in [-0.2, 0) is 75.8 Å². The van der Waals surface area contributed by atoms with Gasteiger partial charge in [0.2, 0.25) is 0 Å². The molecule has 0 bridgehead atoms. The van der Waals surface area contributed by atoms with Crippen molar-refractivity contribution >= 4 is 5.97 Å². The third kappa shape index (κ3) is 13.4. The minimum atomic E-state index is -2.08. The van der Waals surface area contributed by atoms with Crippen LogP contribution in [-0.4, -0.2) is 331 Å². The van der Waals surface area contributed by atoms with Crippen LogP contribution in [0.3, 0.4) is 0 Å². The molecule has 3 saturated carbocycles. The molecule has 11 rings (SSSR count). The van der Waals surface area contributed by atoms with Gasteiger partial charge in [-0.1, -0.05) is 44.9 Å². The monoisotopic (exact) mass is 1420 g/mol. The van der Waals surface area contributed by atoms with Crippen LogP contribution in [0, 0.1) is 39.4 Å². The molecule has 7 aliphatic heterocycles. The Morgan fingerprint density at radius 3 is 1.51 bits per heavy atom. The number of methoxy groups -OCH3 is 2. The van der Waals surface area contributed by atoms with Gasteiger partial charge in [0.05, 0.1) is 51.3 Å². The van der Waals surface area contributed by atoms with Crippen LogP contribution in [0.2, 0.25) is 0 Å². The summed E-state index contributed by atoms with van der Waals surface area (Å²) in [5.41, 5.74) is -1.58. The zero-order chi connectivity index (χ0) is 72.1. The van der Waals surface area contributed by atoms with Crippen LogP contribution in [0.5, 0.6) is 0 Å². The van der Waals surface area contributed by atoms with Crippen LogP contribution in [0.25, 0.3) is 0 Å². The van der Waals surface area contributed by atoms with Crippen LogP contribution < -0.4 is 0 Å². The summed E-state index contributed by atoms with van der Waals surface area (Å²) in [5.74, 6) is -0.690. The molecule has 0 amide bonds. The molecule has 0 aromatic heterocycles. The van der Waals surface area contributed by atoms with Gasteiger partial charge in [-0.15, -0.1) is 6.58 Å². The number of allylic oxidation sites excluding steroid dienone is 2. The summed E-state index contributed by atoms with van der Waals surface area (Å²) in [6, 6.07) is 0. The predicted octanol–water partition coefficient (Wildman–Crippen LogP) is -4.11. The minimum absolute atomic E-state index is 0.0512. The van der Waals surface area contributed by atoms with Crippen LogP contribution >= 0.6 is 0 Å². The Labute approximate surface area is 574 Å². The fraction of sp³-hybridized carbons (Fsp3) is 0.925. The fourth-order valence-corrected chi connectivity index (χ4v) is 19.3. The highest BCUT2D eigenvalue weighted by molar-refractivity contribution is 5.84. The summed E-state index contributed by atoms with van der Waals surface area (Å²) >= 11 is 0. The molecule has 38 unspecified atom stereocenters. The molecule has 10 fully saturated rings. The average molecular weight is 1430 g/mol. The van der Waals surface area contributed by atoms with Crippen molar-refractivity contribution in [3.63, 3.8) is 0 Å². The number of fused-ring (bicyclic) bond motifs is 4. The van der Waals surface area contributed by atoms with E-state index in [1.807, 2.05) is 19.9 Å². The highest BCUT2D eigenvalue weighted by atomic mass is 16.8. The number of cyclic esters (lactones) is 1. The van der Waals surface area contributed by atoms with Crippen molar-refractivity contribution < 1.29 is 158 Å².